The van der Waals surface area contributed by atoms with E-state index in [1.807, 2.05) is 28.4 Å². The van der Waals surface area contributed by atoms with E-state index in [2.05, 4.69) is 15.2 Å². The molecule has 1 N–H and O–H groups in total. The van der Waals surface area contributed by atoms with Crippen molar-refractivity contribution in [1.82, 2.24) is 24.6 Å². The van der Waals surface area contributed by atoms with Crippen LogP contribution in [-0.2, 0) is 13.6 Å². The highest BCUT2D eigenvalue weighted by molar-refractivity contribution is 5.81. The third-order valence-corrected chi connectivity index (χ3v) is 5.37. The number of hydrazine groups is 1. The predicted molar refractivity (Wildman–Crippen MR) is 129 cm³/mol. The van der Waals surface area contributed by atoms with Gasteiger partial charge in [-0.05, 0) is 44.2 Å². The molecule has 2 aliphatic rings. The third-order valence-electron chi connectivity index (χ3n) is 5.37. The van der Waals surface area contributed by atoms with Crippen molar-refractivity contribution >= 4 is 11.9 Å². The van der Waals surface area contributed by atoms with Crippen molar-refractivity contribution in [2.24, 2.45) is 12.0 Å². The summed E-state index contributed by atoms with van der Waals surface area (Å²) in [4.78, 5) is 4.36. The first kappa shape index (κ1) is 23.5. The van der Waals surface area contributed by atoms with Gasteiger partial charge in [0.15, 0.2) is 5.75 Å². The van der Waals surface area contributed by atoms with Crippen LogP contribution < -0.4 is 14.5 Å². The second kappa shape index (κ2) is 9.11. The van der Waals surface area contributed by atoms with Gasteiger partial charge in [0.2, 0.25) is 0 Å². The summed E-state index contributed by atoms with van der Waals surface area (Å²) in [7, 11) is 1.76. The molecule has 1 aromatic carbocycles. The summed E-state index contributed by atoms with van der Waals surface area (Å²) in [6.07, 6.45) is 12.3. The van der Waals surface area contributed by atoms with Crippen LogP contribution in [0, 0.1) is 0 Å². The number of aliphatic hydroxyl groups is 1. The van der Waals surface area contributed by atoms with Gasteiger partial charge < -0.3 is 14.6 Å². The fraction of sp³-hybridized carbons (Fsp3) is 0.292. The number of anilines is 1. The lowest BCUT2D eigenvalue weighted by Gasteiger charge is -2.30. The van der Waals surface area contributed by atoms with Crippen molar-refractivity contribution in [3.05, 3.63) is 61.0 Å². The molecular formula is C24H25F2N7O3. The molecule has 4 heterocycles. The van der Waals surface area contributed by atoms with E-state index >= 15 is 0 Å². The maximum Gasteiger partial charge on any atom is 0.387 e. The van der Waals surface area contributed by atoms with Gasteiger partial charge in [0.25, 0.3) is 0 Å². The number of aromatic nitrogens is 4. The molecule has 5 rings (SSSR count). The molecule has 0 spiro atoms. The van der Waals surface area contributed by atoms with Crippen LogP contribution in [0.5, 0.6) is 17.2 Å². The fourth-order valence-electron chi connectivity index (χ4n) is 4.03. The monoisotopic (exact) mass is 497 g/mol. The normalized spacial score (nSPS) is 15.0. The molecule has 2 aromatic heterocycles. The molecule has 0 amide bonds. The Kier molecular flexibility index (Phi) is 5.96. The lowest BCUT2D eigenvalue weighted by molar-refractivity contribution is -0.0494. The molecule has 2 aliphatic heterocycles. The maximum atomic E-state index is 13.3. The minimum atomic E-state index is -3.01. The molecule has 0 bridgehead atoms. The van der Waals surface area contributed by atoms with Crippen LogP contribution in [0.4, 0.5) is 14.5 Å². The van der Waals surface area contributed by atoms with Gasteiger partial charge >= 0.3 is 6.61 Å². The lowest BCUT2D eigenvalue weighted by Crippen LogP contribution is -2.34. The first-order valence-electron chi connectivity index (χ1n) is 11.2. The summed E-state index contributed by atoms with van der Waals surface area (Å²) < 4.78 is 40.5. The number of rotatable bonds is 8. The molecule has 0 saturated carbocycles. The molecule has 0 saturated heterocycles. The van der Waals surface area contributed by atoms with Crippen molar-refractivity contribution in [2.75, 3.05) is 11.6 Å². The fourth-order valence-corrected chi connectivity index (χ4v) is 4.03. The molecule has 0 fully saturated rings. The van der Waals surface area contributed by atoms with Crippen LogP contribution >= 0.6 is 0 Å². The number of nitrogens with zero attached hydrogens (tertiary/aromatic N) is 7. The molecule has 0 atom stereocenters. The second-order valence-corrected chi connectivity index (χ2v) is 8.97. The summed E-state index contributed by atoms with van der Waals surface area (Å²) in [5, 5.41) is 22.6. The zero-order valence-corrected chi connectivity index (χ0v) is 19.9. The van der Waals surface area contributed by atoms with Crippen molar-refractivity contribution in [2.45, 2.75) is 32.6 Å². The molecular weight excluding hydrogens is 472 g/mol. The predicted octanol–water partition coefficient (Wildman–Crippen LogP) is 3.92. The number of hydrogen-bond acceptors (Lipinski definition) is 8. The Bertz CT molecular complexity index is 1350. The van der Waals surface area contributed by atoms with Crippen molar-refractivity contribution in [1.29, 1.82) is 0 Å². The average Bonchev–Trinajstić information content (AvgIpc) is 3.51. The molecule has 0 aliphatic carbocycles. The first-order chi connectivity index (χ1) is 17.2. The van der Waals surface area contributed by atoms with Crippen LogP contribution in [0.1, 0.15) is 13.8 Å². The zero-order chi connectivity index (χ0) is 25.4. The highest BCUT2D eigenvalue weighted by Gasteiger charge is 2.29. The minimum absolute atomic E-state index is 0.0328. The molecule has 10 nitrogen and oxygen atoms in total. The molecule has 188 valence electrons. The highest BCUT2D eigenvalue weighted by Crippen LogP contribution is 2.41. The molecule has 0 radical (unpaired) electrons. The topological polar surface area (TPSA) is 93.2 Å². The Labute approximate surface area is 205 Å². The molecule has 3 aromatic rings. The van der Waals surface area contributed by atoms with Crippen molar-refractivity contribution < 1.29 is 23.4 Å². The van der Waals surface area contributed by atoms with Gasteiger partial charge in [-0.1, -0.05) is 0 Å². The van der Waals surface area contributed by atoms with Gasteiger partial charge in [-0.3, -0.25) is 14.4 Å². The Morgan fingerprint density at radius 3 is 2.81 bits per heavy atom. The molecule has 0 unspecified atom stereocenters. The van der Waals surface area contributed by atoms with E-state index in [1.54, 1.807) is 54.9 Å². The standard InChI is InChI=1S/C24H25F2N7O3/c1-24(2,34)15-31-13-17(12-28-31)35-16-5-6-20(36-23(25)26)18(11-16)22-19(14-30(3)29-22)32-10-7-21-27-8-4-9-33(21)32/h4-9,11-14,23,34H,10,15H2,1-3H3. The third kappa shape index (κ3) is 4.93. The van der Waals surface area contributed by atoms with Crippen LogP contribution in [-0.4, -0.2) is 54.6 Å². The Balaban J connectivity index is 1.49. The van der Waals surface area contributed by atoms with Gasteiger partial charge in [0, 0.05) is 19.5 Å². The van der Waals surface area contributed by atoms with E-state index in [4.69, 9.17) is 9.47 Å². The number of fused-ring (bicyclic) bond motifs is 1. The van der Waals surface area contributed by atoms with Gasteiger partial charge in [-0.2, -0.15) is 19.0 Å². The largest absolute Gasteiger partial charge is 0.454 e. The van der Waals surface area contributed by atoms with E-state index in [1.165, 1.54) is 18.3 Å². The number of ether oxygens (including phenoxy) is 2. The Morgan fingerprint density at radius 1 is 1.19 bits per heavy atom. The Morgan fingerprint density at radius 2 is 2.03 bits per heavy atom. The van der Waals surface area contributed by atoms with Gasteiger partial charge in [0.05, 0.1) is 42.8 Å². The first-order valence-corrected chi connectivity index (χ1v) is 11.2. The second-order valence-electron chi connectivity index (χ2n) is 8.97. The number of halogens is 2. The smallest absolute Gasteiger partial charge is 0.387 e. The van der Waals surface area contributed by atoms with Crippen molar-refractivity contribution in [3.8, 4) is 28.5 Å². The minimum Gasteiger partial charge on any atom is -0.454 e. The van der Waals surface area contributed by atoms with Crippen LogP contribution in [0.2, 0.25) is 0 Å². The summed E-state index contributed by atoms with van der Waals surface area (Å²) in [6, 6.07) is 4.56. The number of aliphatic imine (C=N–C) groups is 1. The summed E-state index contributed by atoms with van der Waals surface area (Å²) in [5.74, 6) is 1.54. The quantitative estimate of drug-likeness (QED) is 0.504. The lowest BCUT2D eigenvalue weighted by atomic mass is 10.1. The van der Waals surface area contributed by atoms with Gasteiger partial charge in [-0.25, -0.2) is 10.0 Å². The van der Waals surface area contributed by atoms with E-state index in [9.17, 15) is 13.9 Å². The number of aryl methyl sites for hydroxylation is 1. The van der Waals surface area contributed by atoms with Crippen molar-refractivity contribution in [3.63, 3.8) is 0 Å². The maximum absolute atomic E-state index is 13.3. The van der Waals surface area contributed by atoms with Crippen LogP contribution in [0.3, 0.4) is 0 Å². The number of alkyl halides is 2. The Hall–Kier alpha value is -4.19. The summed E-state index contributed by atoms with van der Waals surface area (Å²) in [5.41, 5.74) is 0.512. The number of allylic oxidation sites excluding steroid dienone is 1. The average molecular weight is 498 g/mol. The van der Waals surface area contributed by atoms with Gasteiger partial charge in [0.1, 0.15) is 28.7 Å². The van der Waals surface area contributed by atoms with E-state index in [0.717, 1.165) is 5.82 Å². The number of benzene rings is 1. The van der Waals surface area contributed by atoms with Crippen LogP contribution in [0.25, 0.3) is 11.3 Å². The highest BCUT2D eigenvalue weighted by atomic mass is 19.3. The van der Waals surface area contributed by atoms with E-state index in [-0.39, 0.29) is 12.3 Å². The van der Waals surface area contributed by atoms with Gasteiger partial charge in [-0.15, -0.1) is 0 Å². The molecule has 36 heavy (non-hydrogen) atoms. The number of hydrogen-bond donors (Lipinski definition) is 1. The van der Waals surface area contributed by atoms with Crippen LogP contribution in [0.15, 0.2) is 66.0 Å². The summed E-state index contributed by atoms with van der Waals surface area (Å²) >= 11 is 0. The summed E-state index contributed by atoms with van der Waals surface area (Å²) in [6.45, 7) is 1.15. The van der Waals surface area contributed by atoms with E-state index in [0.29, 0.717) is 35.0 Å². The molecule has 12 heteroatoms. The SMILES string of the molecule is Cn1cc(N2CC=C3N=CC=CN32)c(-c2cc(Oc3cnn(CC(C)(C)O)c3)ccc2OC(F)F)n1. The zero-order valence-electron chi connectivity index (χ0n) is 19.9. The van der Waals surface area contributed by atoms with E-state index < -0.39 is 12.2 Å².